The molecule has 1 aliphatic heterocycles. The van der Waals surface area contributed by atoms with E-state index in [1.54, 1.807) is 24.3 Å². The van der Waals surface area contributed by atoms with Crippen molar-refractivity contribution in [3.05, 3.63) is 63.9 Å². The van der Waals surface area contributed by atoms with Crippen LogP contribution < -0.4 is 5.32 Å². The Morgan fingerprint density at radius 2 is 2.00 bits per heavy atom. The first kappa shape index (κ1) is 19.4. The molecular weight excluding hydrogens is 394 g/mol. The van der Waals surface area contributed by atoms with Gasteiger partial charge in [-0.1, -0.05) is 29.3 Å². The third-order valence-corrected chi connectivity index (χ3v) is 5.21. The second-order valence-corrected chi connectivity index (χ2v) is 7.38. The highest BCUT2D eigenvalue weighted by Crippen LogP contribution is 2.23. The van der Waals surface area contributed by atoms with E-state index < -0.39 is 0 Å². The van der Waals surface area contributed by atoms with Gasteiger partial charge in [0.15, 0.2) is 5.11 Å². The number of nitrogens with one attached hydrogen (secondary N) is 1. The van der Waals surface area contributed by atoms with Crippen molar-refractivity contribution in [2.24, 2.45) is 0 Å². The quantitative estimate of drug-likeness (QED) is 0.654. The maximum Gasteiger partial charge on any atom is 0.173 e. The van der Waals surface area contributed by atoms with E-state index in [4.69, 9.17) is 40.2 Å². The molecule has 2 aromatic carbocycles. The van der Waals surface area contributed by atoms with Crippen LogP contribution in [0, 0.1) is 5.82 Å². The number of hydrogen-bond donors (Lipinski definition) is 1. The standard InChI is InChI=1S/C19H19Cl2FN2OS/c20-13-6-8-14(9-7-13)23-19(26)24(11-15-3-2-10-25-15)12-16-17(21)4-1-5-18(16)22/h1,4-9,15H,2-3,10-12H2,(H,23,26)/t15-/m0/s1. The molecule has 0 spiro atoms. The SMILES string of the molecule is Fc1cccc(Cl)c1CN(C[C@@H]1CCCO1)C(=S)Nc1ccc(Cl)cc1. The number of rotatable bonds is 5. The van der Waals surface area contributed by atoms with Crippen LogP contribution in [0.4, 0.5) is 10.1 Å². The Labute approximate surface area is 168 Å². The second-order valence-electron chi connectivity index (χ2n) is 6.15. The van der Waals surface area contributed by atoms with Gasteiger partial charge in [-0.3, -0.25) is 0 Å². The first-order chi connectivity index (χ1) is 12.5. The Morgan fingerprint density at radius 3 is 2.65 bits per heavy atom. The fourth-order valence-electron chi connectivity index (χ4n) is 2.86. The fraction of sp³-hybridized carbons (Fsp3) is 0.316. The number of benzene rings is 2. The van der Waals surface area contributed by atoms with Gasteiger partial charge in [-0.25, -0.2) is 4.39 Å². The lowest BCUT2D eigenvalue weighted by molar-refractivity contribution is 0.0903. The molecule has 1 N–H and O–H groups in total. The molecule has 138 valence electrons. The van der Waals surface area contributed by atoms with Crippen LogP contribution in [0.5, 0.6) is 0 Å². The first-order valence-corrected chi connectivity index (χ1v) is 9.55. The van der Waals surface area contributed by atoms with Crippen molar-refractivity contribution in [3.8, 4) is 0 Å². The zero-order valence-electron chi connectivity index (χ0n) is 14.1. The Hall–Kier alpha value is -1.40. The molecule has 0 bridgehead atoms. The van der Waals surface area contributed by atoms with E-state index in [0.29, 0.717) is 27.3 Å². The van der Waals surface area contributed by atoms with Crippen molar-refractivity contribution in [2.75, 3.05) is 18.5 Å². The van der Waals surface area contributed by atoms with Gasteiger partial charge in [-0.15, -0.1) is 0 Å². The van der Waals surface area contributed by atoms with Gasteiger partial charge in [0, 0.05) is 41.0 Å². The molecule has 7 heteroatoms. The molecule has 1 fully saturated rings. The summed E-state index contributed by atoms with van der Waals surface area (Å²) in [5, 5.41) is 4.70. The Bertz CT molecular complexity index is 746. The smallest absolute Gasteiger partial charge is 0.173 e. The van der Waals surface area contributed by atoms with Crippen molar-refractivity contribution in [1.29, 1.82) is 0 Å². The number of halogens is 3. The van der Waals surface area contributed by atoms with E-state index in [-0.39, 0.29) is 18.5 Å². The van der Waals surface area contributed by atoms with Crippen LogP contribution in [0.25, 0.3) is 0 Å². The average Bonchev–Trinajstić information content (AvgIpc) is 3.12. The molecule has 0 unspecified atom stereocenters. The number of thiocarbonyl (C=S) groups is 1. The van der Waals surface area contributed by atoms with E-state index in [9.17, 15) is 4.39 Å². The number of ether oxygens (including phenoxy) is 1. The highest BCUT2D eigenvalue weighted by Gasteiger charge is 2.23. The zero-order chi connectivity index (χ0) is 18.5. The maximum absolute atomic E-state index is 14.2. The third-order valence-electron chi connectivity index (χ3n) is 4.24. The second kappa shape index (κ2) is 9.00. The number of anilines is 1. The molecule has 1 atom stereocenters. The predicted molar refractivity (Wildman–Crippen MR) is 108 cm³/mol. The molecule has 0 radical (unpaired) electrons. The molecule has 3 nitrogen and oxygen atoms in total. The van der Waals surface area contributed by atoms with Crippen molar-refractivity contribution in [1.82, 2.24) is 4.90 Å². The normalized spacial score (nSPS) is 16.5. The molecule has 3 rings (SSSR count). The summed E-state index contributed by atoms with van der Waals surface area (Å²) < 4.78 is 20.0. The fourth-order valence-corrected chi connectivity index (χ4v) is 3.47. The van der Waals surface area contributed by atoms with Crippen LogP contribution in [0.1, 0.15) is 18.4 Å². The predicted octanol–water partition coefficient (Wildman–Crippen LogP) is 5.51. The van der Waals surface area contributed by atoms with Crippen molar-refractivity contribution in [2.45, 2.75) is 25.5 Å². The molecule has 0 amide bonds. The summed E-state index contributed by atoms with van der Waals surface area (Å²) in [6, 6.07) is 11.9. The van der Waals surface area contributed by atoms with E-state index >= 15 is 0 Å². The van der Waals surface area contributed by atoms with Crippen LogP contribution >= 0.6 is 35.4 Å². The largest absolute Gasteiger partial charge is 0.376 e. The zero-order valence-corrected chi connectivity index (χ0v) is 16.4. The molecule has 0 saturated carbocycles. The number of nitrogens with zero attached hydrogens (tertiary/aromatic N) is 1. The van der Waals surface area contributed by atoms with Gasteiger partial charge in [0.05, 0.1) is 6.10 Å². The lowest BCUT2D eigenvalue weighted by Crippen LogP contribution is -2.39. The minimum Gasteiger partial charge on any atom is -0.376 e. The van der Waals surface area contributed by atoms with Gasteiger partial charge in [0.1, 0.15) is 5.82 Å². The summed E-state index contributed by atoms with van der Waals surface area (Å²) in [4.78, 5) is 1.89. The molecule has 0 aromatic heterocycles. The summed E-state index contributed by atoms with van der Waals surface area (Å²) in [5.74, 6) is -0.343. The average molecular weight is 413 g/mol. The Morgan fingerprint density at radius 1 is 1.23 bits per heavy atom. The van der Waals surface area contributed by atoms with Gasteiger partial charge < -0.3 is 15.0 Å². The molecule has 2 aromatic rings. The minimum absolute atomic E-state index is 0.0746. The molecule has 1 saturated heterocycles. The van der Waals surface area contributed by atoms with E-state index in [1.807, 2.05) is 17.0 Å². The Kier molecular flexibility index (Phi) is 6.70. The number of hydrogen-bond acceptors (Lipinski definition) is 2. The molecule has 0 aliphatic carbocycles. The van der Waals surface area contributed by atoms with Gasteiger partial charge in [-0.05, 0) is 61.5 Å². The molecule has 1 aliphatic rings. The van der Waals surface area contributed by atoms with Crippen molar-refractivity contribution >= 4 is 46.2 Å². The molecule has 1 heterocycles. The topological polar surface area (TPSA) is 24.5 Å². The highest BCUT2D eigenvalue weighted by molar-refractivity contribution is 7.80. The van der Waals surface area contributed by atoms with Gasteiger partial charge in [-0.2, -0.15) is 0 Å². The summed E-state index contributed by atoms with van der Waals surface area (Å²) in [6.45, 7) is 1.59. The molecular formula is C19H19Cl2FN2OS. The minimum atomic E-state index is -0.343. The lowest BCUT2D eigenvalue weighted by atomic mass is 10.1. The van der Waals surface area contributed by atoms with Gasteiger partial charge in [0.2, 0.25) is 0 Å². The van der Waals surface area contributed by atoms with E-state index in [1.165, 1.54) is 6.07 Å². The third kappa shape index (κ3) is 5.07. The van der Waals surface area contributed by atoms with Crippen LogP contribution in [-0.4, -0.2) is 29.3 Å². The Balaban J connectivity index is 1.77. The summed E-state index contributed by atoms with van der Waals surface area (Å²) in [5.41, 5.74) is 1.24. The van der Waals surface area contributed by atoms with Crippen LogP contribution in [-0.2, 0) is 11.3 Å². The van der Waals surface area contributed by atoms with Gasteiger partial charge in [0.25, 0.3) is 0 Å². The van der Waals surface area contributed by atoms with E-state index in [0.717, 1.165) is 25.1 Å². The summed E-state index contributed by atoms with van der Waals surface area (Å²) >= 11 is 17.7. The highest BCUT2D eigenvalue weighted by atomic mass is 35.5. The van der Waals surface area contributed by atoms with Crippen molar-refractivity contribution in [3.63, 3.8) is 0 Å². The van der Waals surface area contributed by atoms with Crippen LogP contribution in [0.15, 0.2) is 42.5 Å². The lowest BCUT2D eigenvalue weighted by Gasteiger charge is -2.29. The monoisotopic (exact) mass is 412 g/mol. The van der Waals surface area contributed by atoms with Crippen molar-refractivity contribution < 1.29 is 9.13 Å². The van der Waals surface area contributed by atoms with E-state index in [2.05, 4.69) is 5.32 Å². The van der Waals surface area contributed by atoms with Gasteiger partial charge >= 0.3 is 0 Å². The summed E-state index contributed by atoms with van der Waals surface area (Å²) in [6.07, 6.45) is 2.06. The summed E-state index contributed by atoms with van der Waals surface area (Å²) in [7, 11) is 0. The van der Waals surface area contributed by atoms with Crippen LogP contribution in [0.3, 0.4) is 0 Å². The van der Waals surface area contributed by atoms with Crippen LogP contribution in [0.2, 0.25) is 10.0 Å². The molecule has 26 heavy (non-hydrogen) atoms. The first-order valence-electron chi connectivity index (χ1n) is 8.39. The maximum atomic E-state index is 14.2.